The lowest BCUT2D eigenvalue weighted by Crippen LogP contribution is -2.43. The van der Waals surface area contributed by atoms with Crippen molar-refractivity contribution in [3.8, 4) is 0 Å². The van der Waals surface area contributed by atoms with E-state index in [1.807, 2.05) is 0 Å². The van der Waals surface area contributed by atoms with E-state index in [9.17, 15) is 4.39 Å². The smallest absolute Gasteiger partial charge is 0.0785 e. The molecule has 5 aromatic rings. The lowest BCUT2D eigenvalue weighted by atomic mass is 9.87. The Bertz CT molecular complexity index is 2470. The Labute approximate surface area is 551 Å². The SMILES string of the molecule is CC(C)(C)Cc1ccc(C2(NC(C)(C)C)CC2)cc1.CC(C)(C)Cc1ccc(NC(C)(C)C)cc1.CC(C)(C)Cc1ccc(NC(C)(C)C)cc1.CF.C[C@@H](NC(C)(C)C)c1ccc(CC(C)(C)C)cc1.C[C@H](NC(C)(C)C)c1ccc(CC(C)(C)C)cc1. The van der Waals surface area contributed by atoms with Crippen molar-refractivity contribution in [2.24, 2.45) is 27.1 Å². The molecule has 5 N–H and O–H groups in total. The second-order valence-corrected chi connectivity index (χ2v) is 37.2. The molecule has 0 spiro atoms. The summed E-state index contributed by atoms with van der Waals surface area (Å²) < 4.78 is 9.50. The molecule has 0 aromatic heterocycles. The Kier molecular flexibility index (Phi) is 31.4. The van der Waals surface area contributed by atoms with Crippen molar-refractivity contribution < 1.29 is 4.39 Å². The van der Waals surface area contributed by atoms with Crippen LogP contribution in [0.4, 0.5) is 15.8 Å². The zero-order chi connectivity index (χ0) is 69.1. The molecule has 1 saturated carbocycles. The Morgan fingerprint density at radius 1 is 0.303 bits per heavy atom. The van der Waals surface area contributed by atoms with Gasteiger partial charge in [0.05, 0.1) is 7.18 Å². The van der Waals surface area contributed by atoms with Crippen LogP contribution in [-0.2, 0) is 37.6 Å². The number of hydrogen-bond donors (Lipinski definition) is 5. The third kappa shape index (κ3) is 41.6. The van der Waals surface area contributed by atoms with Gasteiger partial charge < -0.3 is 26.6 Å². The Balaban J connectivity index is 0.000000553. The van der Waals surface area contributed by atoms with E-state index in [4.69, 9.17) is 0 Å². The van der Waals surface area contributed by atoms with Crippen molar-refractivity contribution in [1.82, 2.24) is 16.0 Å². The van der Waals surface area contributed by atoms with Gasteiger partial charge in [0.1, 0.15) is 0 Å². The summed E-state index contributed by atoms with van der Waals surface area (Å²) in [4.78, 5) is 0. The van der Waals surface area contributed by atoms with E-state index >= 15 is 0 Å². The van der Waals surface area contributed by atoms with Crippen LogP contribution in [0.5, 0.6) is 0 Å². The average Bonchev–Trinajstić information content (AvgIpc) is 1.67. The van der Waals surface area contributed by atoms with Crippen LogP contribution >= 0.6 is 0 Å². The minimum Gasteiger partial charge on any atom is -0.380 e. The fourth-order valence-electron chi connectivity index (χ4n) is 10.9. The van der Waals surface area contributed by atoms with Crippen molar-refractivity contribution in [2.45, 2.75) is 312 Å². The van der Waals surface area contributed by atoms with Crippen LogP contribution in [0.1, 0.15) is 291 Å². The maximum atomic E-state index is 9.50. The van der Waals surface area contributed by atoms with E-state index in [1.54, 1.807) is 0 Å². The molecule has 0 unspecified atom stereocenters. The molecule has 0 aliphatic heterocycles. The summed E-state index contributed by atoms with van der Waals surface area (Å²) in [7, 11) is 0.500. The first-order chi connectivity index (χ1) is 40.0. The second kappa shape index (κ2) is 33.9. The Morgan fingerprint density at radius 2 is 0.517 bits per heavy atom. The van der Waals surface area contributed by atoms with Crippen LogP contribution in [0.2, 0.25) is 0 Å². The van der Waals surface area contributed by atoms with Gasteiger partial charge in [-0.25, -0.2) is 0 Å². The van der Waals surface area contributed by atoms with Gasteiger partial charge in [-0.15, -0.1) is 0 Å². The first-order valence-electron chi connectivity index (χ1n) is 33.8. The summed E-state index contributed by atoms with van der Waals surface area (Å²) in [6, 6.07) is 45.7. The molecule has 5 aromatic carbocycles. The third-order valence-electron chi connectivity index (χ3n) is 13.7. The molecule has 6 rings (SSSR count). The zero-order valence-electron chi connectivity index (χ0n) is 64.0. The number of benzene rings is 5. The average molecular weight is 1230 g/mol. The first-order valence-corrected chi connectivity index (χ1v) is 33.8. The highest BCUT2D eigenvalue weighted by Gasteiger charge is 2.46. The van der Waals surface area contributed by atoms with Gasteiger partial charge in [0, 0.05) is 56.7 Å². The van der Waals surface area contributed by atoms with Gasteiger partial charge >= 0.3 is 0 Å². The molecule has 0 amide bonds. The lowest BCUT2D eigenvalue weighted by molar-refractivity contribution is 0.348. The van der Waals surface area contributed by atoms with Gasteiger partial charge in [0.15, 0.2) is 0 Å². The predicted octanol–water partition coefficient (Wildman–Crippen LogP) is 23.7. The highest BCUT2D eigenvalue weighted by atomic mass is 19.1. The highest BCUT2D eigenvalue weighted by Crippen LogP contribution is 2.47. The Morgan fingerprint density at radius 3 is 0.697 bits per heavy atom. The molecule has 504 valence electrons. The van der Waals surface area contributed by atoms with Crippen LogP contribution in [-0.4, -0.2) is 34.9 Å². The molecule has 0 heterocycles. The van der Waals surface area contributed by atoms with Gasteiger partial charge in [0.25, 0.3) is 0 Å². The molecule has 1 aliphatic carbocycles. The van der Waals surface area contributed by atoms with Crippen molar-refractivity contribution in [3.05, 3.63) is 166 Å². The first kappa shape index (κ1) is 82.5. The van der Waals surface area contributed by atoms with Crippen molar-refractivity contribution in [2.75, 3.05) is 17.8 Å². The molecule has 0 saturated heterocycles. The molecule has 2 atom stereocenters. The Hall–Kier alpha value is -4.49. The van der Waals surface area contributed by atoms with E-state index in [0.717, 1.165) is 32.1 Å². The van der Waals surface area contributed by atoms with Crippen molar-refractivity contribution >= 4 is 11.4 Å². The largest absolute Gasteiger partial charge is 0.380 e. The van der Waals surface area contributed by atoms with Gasteiger partial charge in [-0.2, -0.15) is 0 Å². The van der Waals surface area contributed by atoms with Gasteiger partial charge in [-0.3, -0.25) is 4.39 Å². The van der Waals surface area contributed by atoms with E-state index in [0.29, 0.717) is 46.3 Å². The number of rotatable bonds is 13. The van der Waals surface area contributed by atoms with Crippen molar-refractivity contribution in [1.29, 1.82) is 0 Å². The molecular formula is C83H140FN5. The third-order valence-corrected chi connectivity index (χ3v) is 13.7. The number of halogens is 1. The number of anilines is 2. The van der Waals surface area contributed by atoms with Gasteiger partial charge in [0.2, 0.25) is 0 Å². The van der Waals surface area contributed by atoms with Crippen LogP contribution in [0, 0.1) is 27.1 Å². The molecule has 5 nitrogen and oxygen atoms in total. The summed E-state index contributed by atoms with van der Waals surface area (Å²) in [6.45, 7) is 71.7. The molecule has 89 heavy (non-hydrogen) atoms. The summed E-state index contributed by atoms with van der Waals surface area (Å²) >= 11 is 0. The maximum Gasteiger partial charge on any atom is 0.0785 e. The summed E-state index contributed by atoms with van der Waals surface area (Å²) in [5.41, 5.74) is 16.5. The molecule has 1 fully saturated rings. The lowest BCUT2D eigenvalue weighted by Gasteiger charge is -2.29. The van der Waals surface area contributed by atoms with Crippen LogP contribution in [0.3, 0.4) is 0 Å². The van der Waals surface area contributed by atoms with Crippen molar-refractivity contribution in [3.63, 3.8) is 0 Å². The molecular weight excluding hydrogens is 1090 g/mol. The number of alkyl halides is 1. The molecule has 0 radical (unpaired) electrons. The van der Waals surface area contributed by atoms with Crippen LogP contribution in [0.15, 0.2) is 121 Å². The fraction of sp³-hybridized carbons (Fsp3) is 0.639. The quantitative estimate of drug-likeness (QED) is 0.0813. The number of hydrogen-bond acceptors (Lipinski definition) is 5. The summed E-state index contributed by atoms with van der Waals surface area (Å²) in [5.74, 6) is 0. The summed E-state index contributed by atoms with van der Waals surface area (Å²) in [6.07, 6.45) is 8.20. The topological polar surface area (TPSA) is 60.1 Å². The standard InChI is InChI=1S/C18H29N.2C17H29N.2C15H25N.CH3F/c1-16(2,3)13-14-7-9-15(10-8-14)18(11-12-18)19-17(4,5)6;2*1-13(18-17(5,6)7)15-10-8-14(9-11-15)12-16(2,3)4;2*1-14(2,3)11-12-7-9-13(10-8-12)16-15(4,5)6;1-2/h7-10,19H,11-13H2,1-6H3;2*8-11,13,18H,12H2,1-7H3;2*7-10,16H,11H2,1-6H3;1H3/t;2*13-;;;/m.10.../s1. The molecule has 6 heteroatoms. The fourth-order valence-corrected chi connectivity index (χ4v) is 10.9. The monoisotopic (exact) mass is 1230 g/mol. The number of nitrogens with one attached hydrogen (secondary N) is 5. The minimum atomic E-state index is 0.130. The second-order valence-electron chi connectivity index (χ2n) is 37.2. The molecule has 1 aliphatic rings. The summed E-state index contributed by atoms with van der Waals surface area (Å²) in [5, 5.41) is 17.9. The predicted molar refractivity (Wildman–Crippen MR) is 398 cm³/mol. The maximum absolute atomic E-state index is 9.50. The normalized spacial score (nSPS) is 14.4. The van der Waals surface area contributed by atoms with Crippen LogP contribution in [0.25, 0.3) is 0 Å². The van der Waals surface area contributed by atoms with Gasteiger partial charge in [-0.1, -0.05) is 201 Å². The van der Waals surface area contributed by atoms with E-state index < -0.39 is 0 Å². The van der Waals surface area contributed by atoms with Crippen LogP contribution < -0.4 is 26.6 Å². The molecule has 0 bridgehead atoms. The van der Waals surface area contributed by atoms with Gasteiger partial charge in [-0.05, 0) is 258 Å². The minimum absolute atomic E-state index is 0.130. The van der Waals surface area contributed by atoms with E-state index in [2.05, 4.69) is 369 Å². The van der Waals surface area contributed by atoms with E-state index in [-0.39, 0.29) is 33.2 Å². The zero-order valence-corrected chi connectivity index (χ0v) is 64.0. The highest BCUT2D eigenvalue weighted by molar-refractivity contribution is 5.47. The van der Waals surface area contributed by atoms with E-state index in [1.165, 1.54) is 68.7 Å².